The second-order valence-corrected chi connectivity index (χ2v) is 7.70. The van der Waals surface area contributed by atoms with Gasteiger partial charge in [-0.3, -0.25) is 10.1 Å². The number of benzene rings is 2. The molecule has 0 saturated carbocycles. The monoisotopic (exact) mass is 466 g/mol. The first-order chi connectivity index (χ1) is 15.2. The van der Waals surface area contributed by atoms with E-state index in [1.54, 1.807) is 13.0 Å². The number of halogens is 4. The van der Waals surface area contributed by atoms with Gasteiger partial charge in [0.25, 0.3) is 5.91 Å². The number of nitrogens with zero attached hydrogens (tertiary/aromatic N) is 1. The maximum Gasteiger partial charge on any atom is 0.257 e. The normalized spacial score (nSPS) is 12.2. The van der Waals surface area contributed by atoms with Crippen LogP contribution in [0.15, 0.2) is 36.5 Å². The zero-order valence-electron chi connectivity index (χ0n) is 17.0. The summed E-state index contributed by atoms with van der Waals surface area (Å²) < 4.78 is 64.8. The van der Waals surface area contributed by atoms with Crippen LogP contribution in [0.2, 0.25) is 0 Å². The molecule has 1 amide bonds. The van der Waals surface area contributed by atoms with E-state index in [0.717, 1.165) is 12.3 Å². The highest BCUT2D eigenvalue weighted by molar-refractivity contribution is 7.14. The molecule has 1 heterocycles. The van der Waals surface area contributed by atoms with Crippen molar-refractivity contribution < 1.29 is 31.8 Å². The molecule has 1 aromatic heterocycles. The van der Waals surface area contributed by atoms with Gasteiger partial charge < -0.3 is 9.47 Å². The van der Waals surface area contributed by atoms with Crippen LogP contribution in [0.4, 0.5) is 22.7 Å². The standard InChI is InChI=1S/C22H18F4N2O3S/c1-12(11-30-2)31-17-6-13(3-4-14-7-16(23)9-18(24)20(14)26)5-15(8-17)21(29)28-22-27-10-19(25)32-22/h3-10,12H,11H2,1-2H3,(H,27,28,29)/t12-/m0/s1. The molecule has 1 atom stereocenters. The van der Waals surface area contributed by atoms with Crippen molar-refractivity contribution in [3.8, 4) is 5.75 Å². The highest BCUT2D eigenvalue weighted by Crippen LogP contribution is 2.24. The zero-order valence-corrected chi connectivity index (χ0v) is 17.8. The Morgan fingerprint density at radius 3 is 2.62 bits per heavy atom. The Hall–Kier alpha value is -3.24. The topological polar surface area (TPSA) is 60.5 Å². The molecule has 0 aliphatic rings. The minimum atomic E-state index is -1.31. The molecule has 0 unspecified atom stereocenters. The van der Waals surface area contributed by atoms with Gasteiger partial charge in [0, 0.05) is 24.3 Å². The highest BCUT2D eigenvalue weighted by atomic mass is 32.1. The molecule has 0 aliphatic heterocycles. The predicted octanol–water partition coefficient (Wildman–Crippen LogP) is 5.54. The number of aromatic nitrogens is 1. The fourth-order valence-electron chi connectivity index (χ4n) is 2.78. The van der Waals surface area contributed by atoms with E-state index in [9.17, 15) is 22.4 Å². The van der Waals surface area contributed by atoms with Crippen molar-refractivity contribution in [2.75, 3.05) is 19.0 Å². The van der Waals surface area contributed by atoms with Gasteiger partial charge in [-0.25, -0.2) is 18.2 Å². The van der Waals surface area contributed by atoms with E-state index in [4.69, 9.17) is 9.47 Å². The van der Waals surface area contributed by atoms with Crippen LogP contribution in [0.3, 0.4) is 0 Å². The van der Waals surface area contributed by atoms with Crippen molar-refractivity contribution in [2.45, 2.75) is 13.0 Å². The first-order valence-electron chi connectivity index (χ1n) is 9.31. The summed E-state index contributed by atoms with van der Waals surface area (Å²) >= 11 is 0.664. The minimum absolute atomic E-state index is 0.0703. The fraction of sp³-hybridized carbons (Fsp3) is 0.182. The molecule has 0 radical (unpaired) electrons. The third-order valence-electron chi connectivity index (χ3n) is 4.10. The van der Waals surface area contributed by atoms with Gasteiger partial charge in [0.2, 0.25) is 0 Å². The zero-order chi connectivity index (χ0) is 23.3. The van der Waals surface area contributed by atoms with Crippen LogP contribution in [0.5, 0.6) is 5.75 Å². The summed E-state index contributed by atoms with van der Waals surface area (Å²) in [5.74, 6) is -3.72. The minimum Gasteiger partial charge on any atom is -0.488 e. The summed E-state index contributed by atoms with van der Waals surface area (Å²) in [5, 5.41) is 1.99. The Labute approximate surface area is 185 Å². The van der Waals surface area contributed by atoms with Crippen LogP contribution in [-0.2, 0) is 4.74 Å². The Kier molecular flexibility index (Phi) is 7.60. The number of rotatable bonds is 8. The fourth-order valence-corrected chi connectivity index (χ4v) is 3.32. The number of ether oxygens (including phenoxy) is 2. The van der Waals surface area contributed by atoms with E-state index in [1.165, 1.54) is 31.4 Å². The molecule has 10 heteroatoms. The third-order valence-corrected chi connectivity index (χ3v) is 4.81. The number of carbonyl (C=O) groups excluding carboxylic acids is 1. The summed E-state index contributed by atoms with van der Waals surface area (Å²) in [6.07, 6.45) is 3.19. The first-order valence-corrected chi connectivity index (χ1v) is 10.1. The molecule has 3 rings (SSSR count). The number of carbonyl (C=O) groups is 1. The summed E-state index contributed by atoms with van der Waals surface area (Å²) in [5.41, 5.74) is 0.241. The summed E-state index contributed by atoms with van der Waals surface area (Å²) in [6.45, 7) is 2.04. The lowest BCUT2D eigenvalue weighted by Gasteiger charge is -2.15. The lowest BCUT2D eigenvalue weighted by molar-refractivity contribution is 0.0917. The van der Waals surface area contributed by atoms with Crippen LogP contribution in [-0.4, -0.2) is 30.7 Å². The molecule has 0 fully saturated rings. The van der Waals surface area contributed by atoms with Crippen molar-refractivity contribution >= 4 is 34.5 Å². The number of anilines is 1. The molecule has 0 bridgehead atoms. The number of hydrogen-bond donors (Lipinski definition) is 1. The molecular weight excluding hydrogens is 448 g/mol. The first kappa shape index (κ1) is 23.4. The van der Waals surface area contributed by atoms with Gasteiger partial charge in [-0.05, 0) is 36.8 Å². The van der Waals surface area contributed by atoms with E-state index in [2.05, 4.69) is 10.3 Å². The average molecular weight is 466 g/mol. The van der Waals surface area contributed by atoms with Gasteiger partial charge in [-0.15, -0.1) is 0 Å². The second-order valence-electron chi connectivity index (χ2n) is 6.72. The molecule has 5 nitrogen and oxygen atoms in total. The van der Waals surface area contributed by atoms with Crippen molar-refractivity contribution in [1.82, 2.24) is 4.98 Å². The van der Waals surface area contributed by atoms with Gasteiger partial charge in [0.1, 0.15) is 17.7 Å². The molecular formula is C22H18F4N2O3S. The quantitative estimate of drug-likeness (QED) is 0.269. The molecule has 0 saturated heterocycles. The SMILES string of the molecule is COC[C@H](C)Oc1cc(C=Cc2cc(F)cc(F)c2F)cc(C(=O)Nc2ncc(F)s2)c1. The van der Waals surface area contributed by atoms with Gasteiger partial charge in [0.05, 0.1) is 12.8 Å². The summed E-state index contributed by atoms with van der Waals surface area (Å²) in [4.78, 5) is 16.4. The Morgan fingerprint density at radius 2 is 1.94 bits per heavy atom. The molecule has 1 N–H and O–H groups in total. The number of amides is 1. The van der Waals surface area contributed by atoms with E-state index in [-0.39, 0.29) is 29.0 Å². The van der Waals surface area contributed by atoms with E-state index < -0.39 is 28.5 Å². The van der Waals surface area contributed by atoms with E-state index >= 15 is 0 Å². The van der Waals surface area contributed by atoms with Crippen LogP contribution < -0.4 is 10.1 Å². The van der Waals surface area contributed by atoms with Crippen LogP contribution in [0.1, 0.15) is 28.4 Å². The van der Waals surface area contributed by atoms with Crippen molar-refractivity contribution in [2.24, 2.45) is 0 Å². The molecule has 32 heavy (non-hydrogen) atoms. The van der Waals surface area contributed by atoms with Gasteiger partial charge in [-0.2, -0.15) is 4.39 Å². The third kappa shape index (κ3) is 6.14. The lowest BCUT2D eigenvalue weighted by atomic mass is 10.1. The lowest BCUT2D eigenvalue weighted by Crippen LogP contribution is -2.18. The maximum atomic E-state index is 13.9. The van der Waals surface area contributed by atoms with Crippen LogP contribution >= 0.6 is 11.3 Å². The Bertz CT molecular complexity index is 1150. The molecule has 0 aliphatic carbocycles. The largest absolute Gasteiger partial charge is 0.488 e. The van der Waals surface area contributed by atoms with Crippen molar-refractivity contribution in [1.29, 1.82) is 0 Å². The molecule has 2 aromatic carbocycles. The summed E-state index contributed by atoms with van der Waals surface area (Å²) in [6, 6.07) is 5.78. The molecule has 168 valence electrons. The van der Waals surface area contributed by atoms with Gasteiger partial charge in [0.15, 0.2) is 21.9 Å². The summed E-state index contributed by atoms with van der Waals surface area (Å²) in [7, 11) is 1.51. The van der Waals surface area contributed by atoms with Crippen molar-refractivity contribution in [3.63, 3.8) is 0 Å². The average Bonchev–Trinajstić information content (AvgIpc) is 3.14. The van der Waals surface area contributed by atoms with E-state index in [0.29, 0.717) is 28.7 Å². The Balaban J connectivity index is 1.93. The highest BCUT2D eigenvalue weighted by Gasteiger charge is 2.14. The number of hydrogen-bond acceptors (Lipinski definition) is 5. The van der Waals surface area contributed by atoms with Gasteiger partial charge in [-0.1, -0.05) is 23.5 Å². The van der Waals surface area contributed by atoms with Crippen LogP contribution in [0, 0.1) is 22.6 Å². The molecule has 0 spiro atoms. The molecule has 3 aromatic rings. The van der Waals surface area contributed by atoms with Crippen molar-refractivity contribution in [3.05, 3.63) is 75.8 Å². The predicted molar refractivity (Wildman–Crippen MR) is 114 cm³/mol. The number of methoxy groups -OCH3 is 1. The maximum absolute atomic E-state index is 13.9. The number of nitrogens with one attached hydrogen (secondary N) is 1. The van der Waals surface area contributed by atoms with E-state index in [1.807, 2.05) is 0 Å². The number of thiazole rings is 1. The Morgan fingerprint density at radius 1 is 1.16 bits per heavy atom. The van der Waals surface area contributed by atoms with Gasteiger partial charge >= 0.3 is 0 Å². The van der Waals surface area contributed by atoms with Crippen LogP contribution in [0.25, 0.3) is 12.2 Å². The smallest absolute Gasteiger partial charge is 0.257 e. The second kappa shape index (κ2) is 10.4.